The highest BCUT2D eigenvalue weighted by Crippen LogP contribution is 2.61. The van der Waals surface area contributed by atoms with E-state index >= 15 is 0 Å². The van der Waals surface area contributed by atoms with Gasteiger partial charge in [-0.2, -0.15) is 5.10 Å². The van der Waals surface area contributed by atoms with Crippen molar-refractivity contribution < 1.29 is 9.59 Å². The van der Waals surface area contributed by atoms with Gasteiger partial charge in [0.05, 0.1) is 5.69 Å². The molecule has 0 saturated heterocycles. The lowest BCUT2D eigenvalue weighted by molar-refractivity contribution is -0.124. The van der Waals surface area contributed by atoms with E-state index in [0.29, 0.717) is 19.5 Å². The molecule has 4 fully saturated rings. The SMILES string of the molecule is Cc1nn(C)c(C)c1CN1CCc2c(NC(=O)CC34CC5CC(CC(C5)C3)C4)cccc2C1=O. The zero-order valence-corrected chi connectivity index (χ0v) is 20.7. The van der Waals surface area contributed by atoms with E-state index < -0.39 is 0 Å². The zero-order chi connectivity index (χ0) is 23.6. The van der Waals surface area contributed by atoms with E-state index in [-0.39, 0.29) is 17.2 Å². The van der Waals surface area contributed by atoms with E-state index in [1.165, 1.54) is 38.5 Å². The van der Waals surface area contributed by atoms with Gasteiger partial charge in [-0.25, -0.2) is 0 Å². The van der Waals surface area contributed by atoms with E-state index in [4.69, 9.17) is 0 Å². The van der Waals surface area contributed by atoms with Gasteiger partial charge in [-0.15, -0.1) is 0 Å². The summed E-state index contributed by atoms with van der Waals surface area (Å²) in [6, 6.07) is 5.78. The Hall–Kier alpha value is -2.63. The number of aromatic nitrogens is 2. The van der Waals surface area contributed by atoms with E-state index in [2.05, 4.69) is 17.3 Å². The van der Waals surface area contributed by atoms with Gasteiger partial charge in [-0.05, 0) is 99.7 Å². The van der Waals surface area contributed by atoms with Gasteiger partial charge < -0.3 is 10.2 Å². The van der Waals surface area contributed by atoms with Crippen LogP contribution in [-0.4, -0.2) is 33.0 Å². The number of nitrogens with one attached hydrogen (secondary N) is 1. The number of carbonyl (C=O) groups excluding carboxylic acids is 2. The molecule has 0 spiro atoms. The summed E-state index contributed by atoms with van der Waals surface area (Å²) < 4.78 is 1.88. The van der Waals surface area contributed by atoms with Crippen molar-refractivity contribution in [2.45, 2.75) is 71.8 Å². The van der Waals surface area contributed by atoms with Gasteiger partial charge in [0, 0.05) is 49.1 Å². The first-order valence-corrected chi connectivity index (χ1v) is 13.0. The quantitative estimate of drug-likeness (QED) is 0.698. The van der Waals surface area contributed by atoms with Crippen LogP contribution in [0.15, 0.2) is 18.2 Å². The lowest BCUT2D eigenvalue weighted by Crippen LogP contribution is -2.47. The molecule has 4 bridgehead atoms. The minimum atomic E-state index is 0.0427. The molecule has 4 saturated carbocycles. The number of carbonyl (C=O) groups is 2. The van der Waals surface area contributed by atoms with Crippen LogP contribution in [0.1, 0.15) is 77.8 Å². The number of hydrogen-bond acceptors (Lipinski definition) is 3. The molecule has 180 valence electrons. The number of anilines is 1. The van der Waals surface area contributed by atoms with Gasteiger partial charge in [0.15, 0.2) is 0 Å². The highest BCUT2D eigenvalue weighted by atomic mass is 16.2. The third-order valence-electron chi connectivity index (χ3n) is 9.31. The first-order chi connectivity index (χ1) is 16.3. The summed E-state index contributed by atoms with van der Waals surface area (Å²) in [6.07, 6.45) is 9.28. The number of nitrogens with zero attached hydrogens (tertiary/aromatic N) is 3. The fourth-order valence-corrected chi connectivity index (χ4v) is 8.12. The second-order valence-electron chi connectivity index (χ2n) is 11.7. The van der Waals surface area contributed by atoms with Gasteiger partial charge in [-0.1, -0.05) is 6.07 Å². The van der Waals surface area contributed by atoms with Gasteiger partial charge in [-0.3, -0.25) is 14.3 Å². The number of fused-ring (bicyclic) bond motifs is 1. The summed E-state index contributed by atoms with van der Waals surface area (Å²) in [7, 11) is 1.94. The predicted octanol–water partition coefficient (Wildman–Crippen LogP) is 4.78. The van der Waals surface area contributed by atoms with Crippen molar-refractivity contribution in [3.05, 3.63) is 46.3 Å². The highest BCUT2D eigenvalue weighted by Gasteiger charge is 2.51. The van der Waals surface area contributed by atoms with Gasteiger partial charge in [0.25, 0.3) is 5.91 Å². The molecule has 0 unspecified atom stereocenters. The zero-order valence-electron chi connectivity index (χ0n) is 20.7. The Bertz CT molecular complexity index is 1130. The molecule has 6 heteroatoms. The average molecular weight is 461 g/mol. The minimum Gasteiger partial charge on any atom is -0.334 e. The van der Waals surface area contributed by atoms with E-state index in [9.17, 15) is 9.59 Å². The van der Waals surface area contributed by atoms with Crippen molar-refractivity contribution in [1.82, 2.24) is 14.7 Å². The number of rotatable bonds is 5. The number of benzene rings is 1. The third kappa shape index (κ3) is 3.66. The van der Waals surface area contributed by atoms with Crippen LogP contribution in [0, 0.1) is 37.0 Å². The lowest BCUT2D eigenvalue weighted by atomic mass is 9.49. The largest absolute Gasteiger partial charge is 0.334 e. The Morgan fingerprint density at radius 3 is 2.41 bits per heavy atom. The second kappa shape index (κ2) is 7.96. The van der Waals surface area contributed by atoms with Crippen molar-refractivity contribution >= 4 is 17.5 Å². The van der Waals surface area contributed by atoms with Crippen LogP contribution in [-0.2, 0) is 24.8 Å². The third-order valence-corrected chi connectivity index (χ3v) is 9.31. The summed E-state index contributed by atoms with van der Waals surface area (Å²) >= 11 is 0. The Morgan fingerprint density at radius 1 is 1.12 bits per heavy atom. The first kappa shape index (κ1) is 21.9. The molecule has 1 aromatic carbocycles. The number of hydrogen-bond donors (Lipinski definition) is 1. The molecule has 1 aromatic heterocycles. The first-order valence-electron chi connectivity index (χ1n) is 13.0. The van der Waals surface area contributed by atoms with Crippen molar-refractivity contribution in [1.29, 1.82) is 0 Å². The Labute approximate surface area is 202 Å². The molecule has 2 aromatic rings. The molecule has 0 atom stereocenters. The van der Waals surface area contributed by atoms with Gasteiger partial charge in [0.1, 0.15) is 0 Å². The molecule has 7 rings (SSSR count). The van der Waals surface area contributed by atoms with E-state index in [0.717, 1.165) is 57.9 Å². The van der Waals surface area contributed by atoms with Gasteiger partial charge in [0.2, 0.25) is 5.91 Å². The summed E-state index contributed by atoms with van der Waals surface area (Å²) in [5.41, 5.74) is 5.96. The maximum absolute atomic E-state index is 13.4. The van der Waals surface area contributed by atoms with Gasteiger partial charge >= 0.3 is 0 Å². The summed E-state index contributed by atoms with van der Waals surface area (Å²) in [6.45, 7) is 5.28. The number of aryl methyl sites for hydroxylation is 2. The van der Waals surface area contributed by atoms with Crippen LogP contribution in [0.25, 0.3) is 0 Å². The van der Waals surface area contributed by atoms with Crippen LogP contribution in [0.2, 0.25) is 0 Å². The molecule has 34 heavy (non-hydrogen) atoms. The van der Waals surface area contributed by atoms with Crippen LogP contribution in [0.3, 0.4) is 0 Å². The number of amides is 2. The molecule has 2 heterocycles. The fraction of sp³-hybridized carbons (Fsp3) is 0.607. The van der Waals surface area contributed by atoms with Crippen molar-refractivity contribution in [2.24, 2.45) is 30.2 Å². The summed E-state index contributed by atoms with van der Waals surface area (Å²) in [5.74, 6) is 2.71. The molecule has 1 N–H and O–H groups in total. The maximum Gasteiger partial charge on any atom is 0.254 e. The molecule has 4 aliphatic carbocycles. The Balaban J connectivity index is 1.17. The predicted molar refractivity (Wildman–Crippen MR) is 131 cm³/mol. The summed E-state index contributed by atoms with van der Waals surface area (Å²) in [4.78, 5) is 28.5. The average Bonchev–Trinajstić information content (AvgIpc) is 3.00. The van der Waals surface area contributed by atoms with Crippen molar-refractivity contribution in [3.8, 4) is 0 Å². The summed E-state index contributed by atoms with van der Waals surface area (Å²) in [5, 5.41) is 7.73. The standard InChI is InChI=1S/C28H36N4O2/c1-17-24(18(2)31(3)30-17)16-32-8-7-22-23(27(32)34)5-4-6-25(22)29-26(33)15-28-12-19-9-20(13-28)11-21(10-19)14-28/h4-6,19-21H,7-16H2,1-3H3,(H,29,33). The second-order valence-corrected chi connectivity index (χ2v) is 11.7. The van der Waals surface area contributed by atoms with E-state index in [1.54, 1.807) is 0 Å². The van der Waals surface area contributed by atoms with Crippen LogP contribution in [0.4, 0.5) is 5.69 Å². The van der Waals surface area contributed by atoms with Crippen LogP contribution < -0.4 is 5.32 Å². The normalized spacial score (nSPS) is 29.4. The Kier molecular flexibility index (Phi) is 5.12. The lowest BCUT2D eigenvalue weighted by Gasteiger charge is -2.56. The molecule has 5 aliphatic rings. The fourth-order valence-electron chi connectivity index (χ4n) is 8.12. The smallest absolute Gasteiger partial charge is 0.254 e. The molecular weight excluding hydrogens is 424 g/mol. The molecule has 6 nitrogen and oxygen atoms in total. The Morgan fingerprint density at radius 2 is 1.79 bits per heavy atom. The van der Waals surface area contributed by atoms with Crippen molar-refractivity contribution in [2.75, 3.05) is 11.9 Å². The molecule has 0 radical (unpaired) electrons. The monoisotopic (exact) mass is 460 g/mol. The molecular formula is C28H36N4O2. The van der Waals surface area contributed by atoms with Crippen LogP contribution in [0.5, 0.6) is 0 Å². The van der Waals surface area contributed by atoms with Crippen LogP contribution >= 0.6 is 0 Å². The minimum absolute atomic E-state index is 0.0427. The topological polar surface area (TPSA) is 67.2 Å². The van der Waals surface area contributed by atoms with E-state index in [1.807, 2.05) is 41.8 Å². The van der Waals surface area contributed by atoms with Crippen molar-refractivity contribution in [3.63, 3.8) is 0 Å². The molecule has 1 aliphatic heterocycles. The maximum atomic E-state index is 13.4. The molecule has 2 amide bonds. The highest BCUT2D eigenvalue weighted by molar-refractivity contribution is 6.00.